The highest BCUT2D eigenvalue weighted by molar-refractivity contribution is 5.22. The van der Waals surface area contributed by atoms with Gasteiger partial charge in [0.25, 0.3) is 0 Å². The number of methoxy groups -OCH3 is 1. The Labute approximate surface area is 112 Å². The highest BCUT2D eigenvalue weighted by Gasteiger charge is 2.16. The Morgan fingerprint density at radius 3 is 2.74 bits per heavy atom. The van der Waals surface area contributed by atoms with Crippen molar-refractivity contribution in [1.82, 2.24) is 5.32 Å². The Morgan fingerprint density at radius 2 is 2.05 bits per heavy atom. The van der Waals surface area contributed by atoms with Gasteiger partial charge in [-0.05, 0) is 31.2 Å². The van der Waals surface area contributed by atoms with Crippen LogP contribution in [0.25, 0.3) is 0 Å². The van der Waals surface area contributed by atoms with Crippen molar-refractivity contribution >= 4 is 0 Å². The zero-order chi connectivity index (χ0) is 14.1. The minimum absolute atomic E-state index is 0.281. The molecular weight excluding hydrogens is 252 g/mol. The molecule has 0 aliphatic rings. The van der Waals surface area contributed by atoms with Gasteiger partial charge >= 0.3 is 0 Å². The third-order valence-corrected chi connectivity index (χ3v) is 2.69. The molecule has 19 heavy (non-hydrogen) atoms. The lowest BCUT2D eigenvalue weighted by atomic mass is 10.1. The van der Waals surface area contributed by atoms with E-state index in [9.17, 15) is 8.78 Å². The van der Waals surface area contributed by atoms with Gasteiger partial charge in [0.05, 0.1) is 25.9 Å². The summed E-state index contributed by atoms with van der Waals surface area (Å²) in [4.78, 5) is 0. The molecule has 1 atom stereocenters. The molecule has 0 aromatic heterocycles. The number of halogens is 2. The molecule has 0 spiro atoms. The van der Waals surface area contributed by atoms with E-state index in [0.29, 0.717) is 25.3 Å². The monoisotopic (exact) mass is 273 g/mol. The average Bonchev–Trinajstić information content (AvgIpc) is 2.41. The molecule has 0 aliphatic carbocycles. The van der Waals surface area contributed by atoms with Gasteiger partial charge in [0.15, 0.2) is 0 Å². The van der Waals surface area contributed by atoms with E-state index in [1.165, 1.54) is 6.07 Å². The van der Waals surface area contributed by atoms with E-state index in [2.05, 4.69) is 5.32 Å². The highest BCUT2D eigenvalue weighted by atomic mass is 19.1. The lowest BCUT2D eigenvalue weighted by molar-refractivity contribution is 0.0580. The molecule has 0 fully saturated rings. The van der Waals surface area contributed by atoms with Crippen LogP contribution in [0.1, 0.15) is 24.9 Å². The first-order valence-electron chi connectivity index (χ1n) is 6.44. The average molecular weight is 273 g/mol. The summed E-state index contributed by atoms with van der Waals surface area (Å²) in [7, 11) is 1.59. The van der Waals surface area contributed by atoms with Gasteiger partial charge in [-0.3, -0.25) is 0 Å². The molecule has 1 aromatic carbocycles. The second-order valence-electron chi connectivity index (χ2n) is 4.24. The van der Waals surface area contributed by atoms with Crippen LogP contribution in [0.15, 0.2) is 18.2 Å². The zero-order valence-electron chi connectivity index (χ0n) is 11.4. The Balaban J connectivity index is 2.68. The van der Waals surface area contributed by atoms with Gasteiger partial charge in [0.2, 0.25) is 0 Å². The van der Waals surface area contributed by atoms with E-state index in [4.69, 9.17) is 9.47 Å². The summed E-state index contributed by atoms with van der Waals surface area (Å²) in [5.41, 5.74) is 0.297. The van der Waals surface area contributed by atoms with Crippen molar-refractivity contribution in [3.05, 3.63) is 35.4 Å². The van der Waals surface area contributed by atoms with Crippen molar-refractivity contribution in [3.63, 3.8) is 0 Å². The molecule has 1 aromatic rings. The first kappa shape index (κ1) is 16.0. The summed E-state index contributed by atoms with van der Waals surface area (Å²) < 4.78 is 37.2. The molecule has 0 aliphatic heterocycles. The van der Waals surface area contributed by atoms with Crippen LogP contribution >= 0.6 is 0 Å². The summed E-state index contributed by atoms with van der Waals surface area (Å²) in [6.07, 6.45) is 0.908. The predicted molar refractivity (Wildman–Crippen MR) is 70.1 cm³/mol. The van der Waals surface area contributed by atoms with Crippen LogP contribution in [0, 0.1) is 11.6 Å². The van der Waals surface area contributed by atoms with Crippen LogP contribution in [-0.2, 0) is 9.47 Å². The molecular formula is C14H21F2NO2. The number of ether oxygens (including phenoxy) is 2. The van der Waals surface area contributed by atoms with E-state index in [1.54, 1.807) is 7.11 Å². The van der Waals surface area contributed by atoms with Crippen LogP contribution in [0.2, 0.25) is 0 Å². The van der Waals surface area contributed by atoms with Gasteiger partial charge in [-0.25, -0.2) is 8.78 Å². The van der Waals surface area contributed by atoms with Gasteiger partial charge in [-0.2, -0.15) is 0 Å². The maximum Gasteiger partial charge on any atom is 0.128 e. The maximum atomic E-state index is 13.7. The smallest absolute Gasteiger partial charge is 0.128 e. The van der Waals surface area contributed by atoms with E-state index < -0.39 is 11.6 Å². The quantitative estimate of drug-likeness (QED) is 0.702. The van der Waals surface area contributed by atoms with Crippen molar-refractivity contribution in [2.75, 3.05) is 33.5 Å². The molecule has 1 unspecified atom stereocenters. The van der Waals surface area contributed by atoms with Gasteiger partial charge in [0, 0.05) is 12.7 Å². The number of rotatable bonds is 9. The van der Waals surface area contributed by atoms with Crippen LogP contribution in [0.3, 0.4) is 0 Å². The summed E-state index contributed by atoms with van der Waals surface area (Å²) >= 11 is 0. The topological polar surface area (TPSA) is 30.5 Å². The number of benzene rings is 1. The fraction of sp³-hybridized carbons (Fsp3) is 0.571. The van der Waals surface area contributed by atoms with Gasteiger partial charge in [0.1, 0.15) is 11.6 Å². The van der Waals surface area contributed by atoms with Crippen molar-refractivity contribution in [3.8, 4) is 0 Å². The summed E-state index contributed by atoms with van der Waals surface area (Å²) in [5.74, 6) is -0.873. The Bertz CT molecular complexity index is 374. The summed E-state index contributed by atoms with van der Waals surface area (Å²) in [6, 6.07) is 3.11. The third kappa shape index (κ3) is 5.63. The highest BCUT2D eigenvalue weighted by Crippen LogP contribution is 2.19. The molecule has 1 N–H and O–H groups in total. The second kappa shape index (κ2) is 8.96. The molecule has 0 bridgehead atoms. The molecule has 0 amide bonds. The van der Waals surface area contributed by atoms with Gasteiger partial charge in [-0.1, -0.05) is 6.92 Å². The minimum Gasteiger partial charge on any atom is -0.382 e. The Kier molecular flexibility index (Phi) is 7.55. The molecule has 0 heterocycles. The van der Waals surface area contributed by atoms with Crippen molar-refractivity contribution in [2.24, 2.45) is 0 Å². The Hall–Kier alpha value is -1.04. The van der Waals surface area contributed by atoms with Crippen LogP contribution in [-0.4, -0.2) is 33.5 Å². The first-order chi connectivity index (χ1) is 9.19. The van der Waals surface area contributed by atoms with E-state index in [-0.39, 0.29) is 12.6 Å². The molecule has 0 radical (unpaired) electrons. The van der Waals surface area contributed by atoms with Crippen LogP contribution < -0.4 is 5.32 Å². The molecule has 108 valence electrons. The van der Waals surface area contributed by atoms with Crippen molar-refractivity contribution < 1.29 is 18.3 Å². The third-order valence-electron chi connectivity index (χ3n) is 2.69. The van der Waals surface area contributed by atoms with Gasteiger partial charge in [-0.15, -0.1) is 0 Å². The maximum absolute atomic E-state index is 13.7. The van der Waals surface area contributed by atoms with E-state index in [0.717, 1.165) is 18.6 Å². The molecule has 3 nitrogen and oxygen atoms in total. The number of nitrogens with one attached hydrogen (secondary N) is 1. The van der Waals surface area contributed by atoms with Gasteiger partial charge < -0.3 is 14.8 Å². The molecule has 0 saturated heterocycles. The molecule has 1 rings (SSSR count). The van der Waals surface area contributed by atoms with E-state index in [1.807, 2.05) is 6.92 Å². The number of hydrogen-bond acceptors (Lipinski definition) is 3. The lowest BCUT2D eigenvalue weighted by Crippen LogP contribution is -2.28. The first-order valence-corrected chi connectivity index (χ1v) is 6.44. The zero-order valence-corrected chi connectivity index (χ0v) is 11.4. The largest absolute Gasteiger partial charge is 0.382 e. The SMILES string of the molecule is CCCNC(COCCOC)c1cc(F)ccc1F. The summed E-state index contributed by atoms with van der Waals surface area (Å²) in [6.45, 7) is 3.92. The summed E-state index contributed by atoms with van der Waals surface area (Å²) in [5, 5.41) is 3.16. The fourth-order valence-corrected chi connectivity index (χ4v) is 1.70. The standard InChI is InChI=1S/C14H21F2NO2/c1-3-6-17-14(10-19-8-7-18-2)12-9-11(15)4-5-13(12)16/h4-5,9,14,17H,3,6-8,10H2,1-2H3. The van der Waals surface area contributed by atoms with Crippen LogP contribution in [0.4, 0.5) is 8.78 Å². The predicted octanol–water partition coefficient (Wildman–Crippen LogP) is 2.67. The van der Waals surface area contributed by atoms with Crippen molar-refractivity contribution in [2.45, 2.75) is 19.4 Å². The normalized spacial score (nSPS) is 12.6. The van der Waals surface area contributed by atoms with E-state index >= 15 is 0 Å². The molecule has 0 saturated carbocycles. The van der Waals surface area contributed by atoms with Crippen LogP contribution in [0.5, 0.6) is 0 Å². The van der Waals surface area contributed by atoms with Crippen molar-refractivity contribution in [1.29, 1.82) is 0 Å². The number of hydrogen-bond donors (Lipinski definition) is 1. The minimum atomic E-state index is -0.448. The Morgan fingerprint density at radius 1 is 1.26 bits per heavy atom. The molecule has 5 heteroatoms. The lowest BCUT2D eigenvalue weighted by Gasteiger charge is -2.19. The second-order valence-corrected chi connectivity index (χ2v) is 4.24. The fourth-order valence-electron chi connectivity index (χ4n) is 1.70.